The summed E-state index contributed by atoms with van der Waals surface area (Å²) in [6.07, 6.45) is -0.326. The molecule has 2 saturated carbocycles. The van der Waals surface area contributed by atoms with Gasteiger partial charge in [0.15, 0.2) is 0 Å². The van der Waals surface area contributed by atoms with Gasteiger partial charge in [-0.05, 0) is 59.2 Å². The third kappa shape index (κ3) is 17.4. The molecule has 0 bridgehead atoms. The number of carbonyl (C=O) groups excluding carboxylic acids is 4. The van der Waals surface area contributed by atoms with Gasteiger partial charge in [-0.15, -0.1) is 0 Å². The van der Waals surface area contributed by atoms with Crippen LogP contribution in [0.1, 0.15) is 69.2 Å². The molecule has 2 aliphatic rings. The topological polar surface area (TPSA) is 105 Å². The SMILES string of the molecule is C=C(C(=C)C(=O)OC)C(=O)OC.CC1C(C)C(C)C(C)C1C.CC1C(C)C(C)C(C)C1C.COC(=O)/C=C(/[S-])C(=O)OC.[Rh+2].[Rh+2].c1ccc([B-](c2ccccc2)(c2ccccc2)c2ccccc2)cc1. The van der Waals surface area contributed by atoms with Crippen LogP contribution in [-0.4, -0.2) is 58.5 Å². The summed E-state index contributed by atoms with van der Waals surface area (Å²) in [5.41, 5.74) is 5.17. The molecular formula is C58H77BO8Rh2S+2. The van der Waals surface area contributed by atoms with Crippen molar-refractivity contribution >= 4 is 64.5 Å². The van der Waals surface area contributed by atoms with Crippen molar-refractivity contribution in [2.24, 2.45) is 59.2 Å². The third-order valence-corrected chi connectivity index (χ3v) is 15.8. The second kappa shape index (κ2) is 32.5. The summed E-state index contributed by atoms with van der Waals surface area (Å²) < 4.78 is 17.1. The molecule has 70 heavy (non-hydrogen) atoms. The average molecular weight is 1150 g/mol. The minimum atomic E-state index is -1.22. The Hall–Kier alpha value is -4.49. The van der Waals surface area contributed by atoms with Gasteiger partial charge in [0.1, 0.15) is 6.15 Å². The zero-order chi connectivity index (χ0) is 51.3. The normalized spacial score (nSPS) is 23.0. The summed E-state index contributed by atoms with van der Waals surface area (Å²) in [4.78, 5) is 42.4. The van der Waals surface area contributed by atoms with E-state index < -0.39 is 30.0 Å². The molecule has 12 heteroatoms. The van der Waals surface area contributed by atoms with Crippen LogP contribution in [0.4, 0.5) is 0 Å². The molecular weight excluding hydrogens is 1070 g/mol. The van der Waals surface area contributed by atoms with E-state index in [1.165, 1.54) is 50.3 Å². The van der Waals surface area contributed by atoms with E-state index in [0.717, 1.165) is 65.3 Å². The summed E-state index contributed by atoms with van der Waals surface area (Å²) >= 11 is 4.49. The first-order valence-electron chi connectivity index (χ1n) is 23.7. The largest absolute Gasteiger partial charge is 2.00 e. The van der Waals surface area contributed by atoms with Crippen molar-refractivity contribution in [3.63, 3.8) is 0 Å². The van der Waals surface area contributed by atoms with Crippen LogP contribution in [0.3, 0.4) is 0 Å². The zero-order valence-corrected chi connectivity index (χ0v) is 47.8. The van der Waals surface area contributed by atoms with Crippen molar-refractivity contribution in [2.45, 2.75) is 69.2 Å². The van der Waals surface area contributed by atoms with Gasteiger partial charge in [0.25, 0.3) is 0 Å². The molecule has 382 valence electrons. The van der Waals surface area contributed by atoms with Crippen LogP contribution < -0.4 is 21.9 Å². The van der Waals surface area contributed by atoms with Gasteiger partial charge in [0.05, 0.1) is 39.6 Å². The fourth-order valence-corrected chi connectivity index (χ4v) is 9.91. The molecule has 0 unspecified atom stereocenters. The van der Waals surface area contributed by atoms with E-state index in [4.69, 9.17) is 0 Å². The maximum atomic E-state index is 10.8. The van der Waals surface area contributed by atoms with Crippen LogP contribution >= 0.6 is 0 Å². The fraction of sp³-hybridized carbons (Fsp3) is 0.414. The molecule has 0 heterocycles. The van der Waals surface area contributed by atoms with Crippen LogP contribution in [-0.2, 0) is 89.7 Å². The van der Waals surface area contributed by atoms with Crippen LogP contribution in [0.25, 0.3) is 0 Å². The van der Waals surface area contributed by atoms with Gasteiger partial charge in [0.2, 0.25) is 0 Å². The Bertz CT molecular complexity index is 1930. The third-order valence-electron chi connectivity index (χ3n) is 15.6. The Balaban J connectivity index is 0.000000907. The van der Waals surface area contributed by atoms with Gasteiger partial charge in [0, 0.05) is 6.08 Å². The Morgan fingerprint density at radius 2 is 0.600 bits per heavy atom. The predicted octanol–water partition coefficient (Wildman–Crippen LogP) is 9.63. The van der Waals surface area contributed by atoms with Crippen LogP contribution in [0.2, 0.25) is 0 Å². The predicted molar refractivity (Wildman–Crippen MR) is 283 cm³/mol. The smallest absolute Gasteiger partial charge is 0.773 e. The number of methoxy groups -OCH3 is 4. The van der Waals surface area contributed by atoms with Crippen molar-refractivity contribution < 1.29 is 77.1 Å². The molecule has 2 aliphatic carbocycles. The van der Waals surface area contributed by atoms with Gasteiger partial charge < -0.3 is 31.6 Å². The van der Waals surface area contributed by atoms with E-state index in [-0.39, 0.29) is 55.0 Å². The standard InChI is InChI=1S/C24H20B.2C10H20.C8H10O4.C6H8O4S.2Rh/c1-5-13-21(14-6-1)25(22-15-7-2-8-16-22,23-17-9-3-10-18-23)24-19-11-4-12-20-24;2*1-6-7(2)9(4)10(5)8(6)3;1-5(7(9)11-3)6(2)8(10)12-4;1-9-5(7)3-4(11)6(8)10-2;;/h1-20H;2*6-10H,1-5H3;1-2H2,3-4H3;3,11H,1-2H3;;/q-1;;;;;2*+2/p-1/b;;;;4-3+;;. The van der Waals surface area contributed by atoms with Gasteiger partial charge >= 0.3 is 62.8 Å². The first-order chi connectivity index (χ1) is 32.2. The van der Waals surface area contributed by atoms with Gasteiger partial charge in [-0.3, -0.25) is 0 Å². The van der Waals surface area contributed by atoms with Crippen LogP contribution in [0.15, 0.2) is 157 Å². The number of rotatable bonds is 9. The monoisotopic (exact) mass is 1150 g/mol. The second-order valence-electron chi connectivity index (χ2n) is 18.6. The molecule has 0 amide bonds. The molecule has 8 nitrogen and oxygen atoms in total. The van der Waals surface area contributed by atoms with E-state index in [1.807, 2.05) is 0 Å². The first kappa shape index (κ1) is 65.5. The molecule has 4 aromatic rings. The number of carbonyl (C=O) groups is 4. The quantitative estimate of drug-likeness (QED) is 0.0405. The van der Waals surface area contributed by atoms with Gasteiger partial charge in [-0.1, -0.05) is 209 Å². The summed E-state index contributed by atoms with van der Waals surface area (Å²) in [6.45, 7) is 30.6. The number of esters is 4. The van der Waals surface area contributed by atoms with Crippen molar-refractivity contribution in [1.82, 2.24) is 0 Å². The van der Waals surface area contributed by atoms with Crippen molar-refractivity contribution in [2.75, 3.05) is 28.4 Å². The Morgan fingerprint density at radius 3 is 0.771 bits per heavy atom. The Labute approximate surface area is 452 Å². The number of ether oxygens (including phenoxy) is 4. The maximum absolute atomic E-state index is 10.8. The van der Waals surface area contributed by atoms with E-state index >= 15 is 0 Å². The minimum absolute atomic E-state index is 0. The minimum Gasteiger partial charge on any atom is -0.773 e. The number of hydrogen-bond acceptors (Lipinski definition) is 9. The zero-order valence-electron chi connectivity index (χ0n) is 43.7. The molecule has 0 aliphatic heterocycles. The van der Waals surface area contributed by atoms with Crippen molar-refractivity contribution in [3.8, 4) is 0 Å². The van der Waals surface area contributed by atoms with Crippen LogP contribution in [0.5, 0.6) is 0 Å². The second-order valence-corrected chi connectivity index (χ2v) is 19.0. The molecule has 0 saturated heterocycles. The first-order valence-corrected chi connectivity index (χ1v) is 24.1. The average Bonchev–Trinajstić information content (AvgIpc) is 3.65. The molecule has 0 spiro atoms. The molecule has 4 aromatic carbocycles. The molecule has 0 aromatic heterocycles. The van der Waals surface area contributed by atoms with E-state index in [1.54, 1.807) is 0 Å². The van der Waals surface area contributed by atoms with E-state index in [2.05, 4.69) is 235 Å². The molecule has 2 fully saturated rings. The van der Waals surface area contributed by atoms with Crippen molar-refractivity contribution in [3.05, 3.63) is 157 Å². The summed E-state index contributed by atoms with van der Waals surface area (Å²) in [5.74, 6) is 6.59. The summed E-state index contributed by atoms with van der Waals surface area (Å²) in [6, 6.07) is 43.5. The Morgan fingerprint density at radius 1 is 0.400 bits per heavy atom. The molecule has 2 radical (unpaired) electrons. The van der Waals surface area contributed by atoms with E-state index in [0.29, 0.717) is 0 Å². The van der Waals surface area contributed by atoms with Crippen molar-refractivity contribution in [1.29, 1.82) is 0 Å². The fourth-order valence-electron chi connectivity index (χ4n) is 9.73. The van der Waals surface area contributed by atoms with Gasteiger partial charge in [-0.25, -0.2) is 19.2 Å². The molecule has 0 N–H and O–H groups in total. The molecule has 0 atom stereocenters. The number of hydrogen-bond donors (Lipinski definition) is 0. The van der Waals surface area contributed by atoms with Gasteiger partial charge in [-0.2, -0.15) is 21.9 Å². The van der Waals surface area contributed by atoms with Crippen LogP contribution in [0, 0.1) is 59.2 Å². The number of benzene rings is 4. The summed E-state index contributed by atoms with van der Waals surface area (Å²) in [5, 5.41) is 0. The molecule has 6 rings (SSSR count). The maximum Gasteiger partial charge on any atom is 2.00 e. The summed E-state index contributed by atoms with van der Waals surface area (Å²) in [7, 11) is 4.76. The Kier molecular flexibility index (Phi) is 30.4. The van der Waals surface area contributed by atoms with E-state index in [9.17, 15) is 19.2 Å².